The van der Waals surface area contributed by atoms with Gasteiger partial charge in [0.2, 0.25) is 0 Å². The molecule has 0 aliphatic heterocycles. The van der Waals surface area contributed by atoms with Gasteiger partial charge in [0, 0.05) is 29.9 Å². The molecule has 0 bridgehead atoms. The Labute approximate surface area is 157 Å². The van der Waals surface area contributed by atoms with Gasteiger partial charge in [-0.15, -0.1) is 0 Å². The van der Waals surface area contributed by atoms with Gasteiger partial charge in [-0.05, 0) is 17.5 Å². The molecule has 27 heavy (non-hydrogen) atoms. The van der Waals surface area contributed by atoms with E-state index < -0.39 is 17.9 Å². The van der Waals surface area contributed by atoms with E-state index in [1.54, 1.807) is 6.20 Å². The first-order valence-electron chi connectivity index (χ1n) is 9.38. The number of fused-ring (bicyclic) bond motifs is 1. The Morgan fingerprint density at radius 2 is 1.96 bits per heavy atom. The number of para-hydroxylation sites is 1. The molecule has 3 rings (SSSR count). The van der Waals surface area contributed by atoms with Crippen molar-refractivity contribution >= 4 is 28.5 Å². The number of aromatic nitrogens is 1. The number of carboxylic acids is 1. The van der Waals surface area contributed by atoms with Crippen molar-refractivity contribution in [2.24, 2.45) is 11.1 Å². The third kappa shape index (κ3) is 4.67. The minimum Gasteiger partial charge on any atom is -0.480 e. The number of rotatable bonds is 7. The number of nitrogens with one attached hydrogen (secondary N) is 2. The van der Waals surface area contributed by atoms with Gasteiger partial charge in [0.05, 0.1) is 0 Å². The second-order valence-corrected chi connectivity index (χ2v) is 7.18. The minimum absolute atomic E-state index is 0.00655. The summed E-state index contributed by atoms with van der Waals surface area (Å²) in [5.74, 6) is -1.42. The van der Waals surface area contributed by atoms with Crippen molar-refractivity contribution in [2.75, 3.05) is 0 Å². The summed E-state index contributed by atoms with van der Waals surface area (Å²) >= 11 is 0. The van der Waals surface area contributed by atoms with E-state index in [0.29, 0.717) is 12.3 Å². The third-order valence-electron chi connectivity index (χ3n) is 5.29. The number of oxime groups is 1. The van der Waals surface area contributed by atoms with Gasteiger partial charge in [-0.2, -0.15) is 0 Å². The van der Waals surface area contributed by atoms with Crippen molar-refractivity contribution in [1.29, 1.82) is 0 Å². The molecule has 1 aliphatic rings. The fraction of sp³-hybridized carbons (Fsp3) is 0.450. The van der Waals surface area contributed by atoms with Crippen LogP contribution in [0.3, 0.4) is 0 Å². The predicted molar refractivity (Wildman–Crippen MR) is 102 cm³/mol. The van der Waals surface area contributed by atoms with Crippen LogP contribution in [0.2, 0.25) is 0 Å². The first-order chi connectivity index (χ1) is 13.1. The zero-order chi connectivity index (χ0) is 19.2. The molecule has 1 amide bonds. The Morgan fingerprint density at radius 1 is 1.22 bits per heavy atom. The quantitative estimate of drug-likeness (QED) is 0.340. The Bertz CT molecular complexity index is 837. The molecule has 2 aromatic rings. The molecular weight excluding hydrogens is 346 g/mol. The molecule has 0 radical (unpaired) electrons. The average Bonchev–Trinajstić information content (AvgIpc) is 3.09. The lowest BCUT2D eigenvalue weighted by Crippen LogP contribution is -2.45. The molecule has 1 saturated carbocycles. The number of benzene rings is 1. The van der Waals surface area contributed by atoms with Crippen LogP contribution < -0.4 is 5.32 Å². The summed E-state index contributed by atoms with van der Waals surface area (Å²) in [4.78, 5) is 27.3. The van der Waals surface area contributed by atoms with E-state index >= 15 is 0 Å². The molecule has 0 saturated heterocycles. The lowest BCUT2D eigenvalue weighted by atomic mass is 9.85. The third-order valence-corrected chi connectivity index (χ3v) is 5.29. The standard InChI is InChI=1S/C20H25N3O4/c24-19(17(23-27)10-13-6-2-1-3-7-13)22-18(20(25)26)11-14-12-21-16-9-5-4-8-15(14)16/h4-5,8-9,12-13,18,21,27H,1-3,6-7,10-11H2,(H,22,24)(H,25,26)/t18-/m0/s1. The van der Waals surface area contributed by atoms with Crippen LogP contribution in [-0.4, -0.2) is 38.9 Å². The van der Waals surface area contributed by atoms with Crippen molar-refractivity contribution in [2.45, 2.75) is 51.0 Å². The second-order valence-electron chi connectivity index (χ2n) is 7.18. The van der Waals surface area contributed by atoms with Gasteiger partial charge in [-0.3, -0.25) is 4.79 Å². The van der Waals surface area contributed by atoms with Crippen LogP contribution in [0.25, 0.3) is 10.9 Å². The molecule has 144 valence electrons. The lowest BCUT2D eigenvalue weighted by Gasteiger charge is -2.22. The summed E-state index contributed by atoms with van der Waals surface area (Å²) in [6, 6.07) is 6.50. The Kier molecular flexibility index (Phi) is 6.11. The molecule has 1 heterocycles. The molecule has 7 nitrogen and oxygen atoms in total. The Hall–Kier alpha value is -2.83. The van der Waals surface area contributed by atoms with Crippen molar-refractivity contribution in [3.05, 3.63) is 36.0 Å². The van der Waals surface area contributed by atoms with Crippen LogP contribution in [0.1, 0.15) is 44.1 Å². The number of nitrogens with zero attached hydrogens (tertiary/aromatic N) is 1. The summed E-state index contributed by atoms with van der Waals surface area (Å²) in [5.41, 5.74) is 1.73. The van der Waals surface area contributed by atoms with Gasteiger partial charge in [-0.1, -0.05) is 55.5 Å². The van der Waals surface area contributed by atoms with E-state index in [4.69, 9.17) is 0 Å². The van der Waals surface area contributed by atoms with Gasteiger partial charge in [0.1, 0.15) is 11.8 Å². The van der Waals surface area contributed by atoms with Gasteiger partial charge in [0.15, 0.2) is 0 Å². The number of H-pyrrole nitrogens is 1. The smallest absolute Gasteiger partial charge is 0.326 e. The van der Waals surface area contributed by atoms with Gasteiger partial charge in [-0.25, -0.2) is 4.79 Å². The fourth-order valence-electron chi connectivity index (χ4n) is 3.81. The van der Waals surface area contributed by atoms with E-state index in [1.165, 1.54) is 6.42 Å². The second kappa shape index (κ2) is 8.70. The highest BCUT2D eigenvalue weighted by molar-refractivity contribution is 6.39. The highest BCUT2D eigenvalue weighted by Crippen LogP contribution is 2.26. The predicted octanol–water partition coefficient (Wildman–Crippen LogP) is 3.08. The van der Waals surface area contributed by atoms with Gasteiger partial charge >= 0.3 is 5.97 Å². The maximum absolute atomic E-state index is 12.5. The Morgan fingerprint density at radius 3 is 2.67 bits per heavy atom. The highest BCUT2D eigenvalue weighted by atomic mass is 16.4. The van der Waals surface area contributed by atoms with Gasteiger partial charge in [0.25, 0.3) is 5.91 Å². The first kappa shape index (κ1) is 18.9. The van der Waals surface area contributed by atoms with Crippen molar-refractivity contribution < 1.29 is 19.9 Å². The molecule has 1 atom stereocenters. The summed E-state index contributed by atoms with van der Waals surface area (Å²) in [7, 11) is 0. The number of aliphatic carboxylic acids is 1. The molecule has 1 aliphatic carbocycles. The molecule has 7 heteroatoms. The highest BCUT2D eigenvalue weighted by Gasteiger charge is 2.26. The van der Waals surface area contributed by atoms with Crippen molar-refractivity contribution in [3.63, 3.8) is 0 Å². The van der Waals surface area contributed by atoms with E-state index in [9.17, 15) is 19.9 Å². The normalized spacial score (nSPS) is 17.0. The minimum atomic E-state index is -1.12. The SMILES string of the molecule is O=C(N[C@@H](Cc1c[nH]c2ccccc12)C(=O)O)C(CC1CCCCC1)=NO. The summed E-state index contributed by atoms with van der Waals surface area (Å²) in [6.07, 6.45) is 7.71. The van der Waals surface area contributed by atoms with E-state index in [2.05, 4.69) is 15.5 Å². The van der Waals surface area contributed by atoms with Crippen molar-refractivity contribution in [3.8, 4) is 0 Å². The zero-order valence-corrected chi connectivity index (χ0v) is 15.1. The molecule has 1 fully saturated rings. The topological polar surface area (TPSA) is 115 Å². The number of carbonyl (C=O) groups excluding carboxylic acids is 1. The maximum atomic E-state index is 12.5. The maximum Gasteiger partial charge on any atom is 0.326 e. The van der Waals surface area contributed by atoms with Crippen LogP contribution in [0, 0.1) is 5.92 Å². The van der Waals surface area contributed by atoms with E-state index in [-0.39, 0.29) is 12.1 Å². The van der Waals surface area contributed by atoms with E-state index in [1.807, 2.05) is 24.3 Å². The van der Waals surface area contributed by atoms with Crippen molar-refractivity contribution in [1.82, 2.24) is 10.3 Å². The van der Waals surface area contributed by atoms with Crippen LogP contribution in [0.4, 0.5) is 0 Å². The fourth-order valence-corrected chi connectivity index (χ4v) is 3.81. The first-order valence-corrected chi connectivity index (χ1v) is 9.38. The number of carboxylic acid groups (broad SMARTS) is 1. The zero-order valence-electron chi connectivity index (χ0n) is 15.1. The average molecular weight is 371 g/mol. The molecule has 4 N–H and O–H groups in total. The lowest BCUT2D eigenvalue weighted by molar-refractivity contribution is -0.141. The van der Waals surface area contributed by atoms with Crippen LogP contribution in [0.5, 0.6) is 0 Å². The van der Waals surface area contributed by atoms with Gasteiger partial charge < -0.3 is 20.6 Å². The Balaban J connectivity index is 1.67. The number of hydrogen-bond acceptors (Lipinski definition) is 4. The largest absolute Gasteiger partial charge is 0.480 e. The molecular formula is C20H25N3O4. The molecule has 0 spiro atoms. The molecule has 0 unspecified atom stereocenters. The summed E-state index contributed by atoms with van der Waals surface area (Å²) < 4.78 is 0. The number of hydrogen-bond donors (Lipinski definition) is 4. The number of carbonyl (C=O) groups is 2. The van der Waals surface area contributed by atoms with E-state index in [0.717, 1.165) is 42.1 Å². The summed E-state index contributed by atoms with van der Waals surface area (Å²) in [5, 5.41) is 25.4. The summed E-state index contributed by atoms with van der Waals surface area (Å²) in [6.45, 7) is 0. The van der Waals surface area contributed by atoms with Crippen LogP contribution >= 0.6 is 0 Å². The monoisotopic (exact) mass is 371 g/mol. The number of aromatic amines is 1. The number of amides is 1. The van der Waals surface area contributed by atoms with Crippen LogP contribution in [-0.2, 0) is 16.0 Å². The molecule has 1 aromatic carbocycles. The van der Waals surface area contributed by atoms with Crippen LogP contribution in [0.15, 0.2) is 35.6 Å². The molecule has 1 aromatic heterocycles.